The minimum Gasteiger partial charge on any atom is -0.505 e. The van der Waals surface area contributed by atoms with Crippen molar-refractivity contribution in [3.8, 4) is 5.75 Å². The molecule has 0 aromatic heterocycles. The molecule has 1 heterocycles. The number of aromatic hydroxyl groups is 1. The predicted molar refractivity (Wildman–Crippen MR) is 84.8 cm³/mol. The smallest absolute Gasteiger partial charge is 0.337 e. The molecule has 24 heavy (non-hydrogen) atoms. The number of carbonyl (C=O) groups excluding carboxylic acids is 3. The van der Waals surface area contributed by atoms with Crippen LogP contribution in [0.4, 0.5) is 5.69 Å². The summed E-state index contributed by atoms with van der Waals surface area (Å²) in [5.41, 5.74) is 5.68. The highest BCUT2D eigenvalue weighted by molar-refractivity contribution is 6.00. The van der Waals surface area contributed by atoms with Crippen molar-refractivity contribution in [1.29, 1.82) is 0 Å². The Kier molecular flexibility index (Phi) is 5.37. The number of nitrogen functional groups attached to an aromatic ring is 1. The van der Waals surface area contributed by atoms with E-state index < -0.39 is 17.9 Å². The number of carbonyl (C=O) groups is 3. The van der Waals surface area contributed by atoms with Crippen LogP contribution < -0.4 is 5.73 Å². The third kappa shape index (κ3) is 3.47. The third-order valence-corrected chi connectivity index (χ3v) is 3.92. The Morgan fingerprint density at radius 1 is 1.38 bits per heavy atom. The summed E-state index contributed by atoms with van der Waals surface area (Å²) in [4.78, 5) is 36.6. The van der Waals surface area contributed by atoms with E-state index in [1.165, 1.54) is 23.1 Å². The zero-order valence-corrected chi connectivity index (χ0v) is 13.5. The number of para-hydroxylation sites is 1. The molecule has 0 radical (unpaired) electrons. The van der Waals surface area contributed by atoms with E-state index in [-0.39, 0.29) is 36.6 Å². The number of phenols is 1. The summed E-state index contributed by atoms with van der Waals surface area (Å²) < 4.78 is 4.43. The SMILES string of the molecule is CN(C)N1CCN(C(=O)c2cccc(N)c2O)C(C(=O)OC=O)C1. The van der Waals surface area contributed by atoms with Gasteiger partial charge in [-0.05, 0) is 12.1 Å². The van der Waals surface area contributed by atoms with E-state index in [1.807, 2.05) is 19.1 Å². The average Bonchev–Trinajstić information content (AvgIpc) is 2.56. The van der Waals surface area contributed by atoms with Gasteiger partial charge in [0.25, 0.3) is 5.91 Å². The lowest BCUT2D eigenvalue weighted by Crippen LogP contribution is -2.61. The van der Waals surface area contributed by atoms with Crippen molar-refractivity contribution in [2.45, 2.75) is 6.04 Å². The zero-order valence-electron chi connectivity index (χ0n) is 13.5. The highest BCUT2D eigenvalue weighted by Crippen LogP contribution is 2.27. The fourth-order valence-electron chi connectivity index (χ4n) is 2.59. The summed E-state index contributed by atoms with van der Waals surface area (Å²) in [6.45, 7) is 0.933. The van der Waals surface area contributed by atoms with Gasteiger partial charge in [-0.3, -0.25) is 9.59 Å². The summed E-state index contributed by atoms with van der Waals surface area (Å²) in [5, 5.41) is 13.6. The van der Waals surface area contributed by atoms with Crippen LogP contribution >= 0.6 is 0 Å². The second kappa shape index (κ2) is 7.28. The Morgan fingerprint density at radius 3 is 2.71 bits per heavy atom. The molecule has 3 N–H and O–H groups in total. The number of amides is 1. The van der Waals surface area contributed by atoms with Crippen molar-refractivity contribution in [2.75, 3.05) is 39.5 Å². The molecule has 0 spiro atoms. The summed E-state index contributed by atoms with van der Waals surface area (Å²) >= 11 is 0. The second-order valence-corrected chi connectivity index (χ2v) is 5.55. The van der Waals surface area contributed by atoms with Gasteiger partial charge in [-0.15, -0.1) is 0 Å². The van der Waals surface area contributed by atoms with Crippen LogP contribution in [0.5, 0.6) is 5.75 Å². The number of hydrogen-bond acceptors (Lipinski definition) is 8. The van der Waals surface area contributed by atoms with Crippen LogP contribution in [-0.4, -0.2) is 78.1 Å². The van der Waals surface area contributed by atoms with Crippen LogP contribution in [-0.2, 0) is 14.3 Å². The van der Waals surface area contributed by atoms with Crippen LogP contribution in [0.25, 0.3) is 0 Å². The molecule has 9 nitrogen and oxygen atoms in total. The first-order valence-corrected chi connectivity index (χ1v) is 7.31. The van der Waals surface area contributed by atoms with Crippen LogP contribution in [0.3, 0.4) is 0 Å². The molecule has 1 amide bonds. The largest absolute Gasteiger partial charge is 0.505 e. The van der Waals surface area contributed by atoms with E-state index in [0.29, 0.717) is 6.54 Å². The molecular weight excluding hydrogens is 316 g/mol. The number of hydrogen-bond donors (Lipinski definition) is 2. The van der Waals surface area contributed by atoms with Crippen LogP contribution in [0.15, 0.2) is 18.2 Å². The molecule has 2 rings (SSSR count). The van der Waals surface area contributed by atoms with Gasteiger partial charge >= 0.3 is 12.4 Å². The van der Waals surface area contributed by atoms with Gasteiger partial charge in [0.05, 0.1) is 11.3 Å². The average molecular weight is 336 g/mol. The Morgan fingerprint density at radius 2 is 2.08 bits per heavy atom. The monoisotopic (exact) mass is 336 g/mol. The molecule has 130 valence electrons. The number of ether oxygens (including phenoxy) is 1. The summed E-state index contributed by atoms with van der Waals surface area (Å²) in [6.07, 6.45) is 0. The molecule has 0 saturated carbocycles. The molecule has 1 aromatic carbocycles. The minimum absolute atomic E-state index is 0.00259. The van der Waals surface area contributed by atoms with Gasteiger partial charge in [-0.25, -0.2) is 14.8 Å². The van der Waals surface area contributed by atoms with E-state index in [9.17, 15) is 19.5 Å². The van der Waals surface area contributed by atoms with Gasteiger partial charge in [0, 0.05) is 33.7 Å². The van der Waals surface area contributed by atoms with Gasteiger partial charge in [0.1, 0.15) is 6.04 Å². The van der Waals surface area contributed by atoms with Crippen LogP contribution in [0, 0.1) is 0 Å². The molecule has 1 aliphatic rings. The molecule has 1 aliphatic heterocycles. The van der Waals surface area contributed by atoms with Crippen LogP contribution in [0.1, 0.15) is 10.4 Å². The van der Waals surface area contributed by atoms with E-state index in [1.54, 1.807) is 5.01 Å². The number of hydrazine groups is 1. The third-order valence-electron chi connectivity index (χ3n) is 3.92. The highest BCUT2D eigenvalue weighted by atomic mass is 16.6. The molecule has 1 saturated heterocycles. The van der Waals surface area contributed by atoms with Gasteiger partial charge < -0.3 is 20.5 Å². The first-order valence-electron chi connectivity index (χ1n) is 7.31. The number of phenolic OH excluding ortho intramolecular Hbond substituents is 1. The molecular formula is C15H20N4O5. The van der Waals surface area contributed by atoms with Gasteiger partial charge in [-0.2, -0.15) is 0 Å². The molecule has 1 aromatic rings. The normalized spacial score (nSPS) is 18.5. The van der Waals surface area contributed by atoms with Crippen molar-refractivity contribution in [2.24, 2.45) is 0 Å². The zero-order chi connectivity index (χ0) is 17.9. The Bertz CT molecular complexity index is 649. The van der Waals surface area contributed by atoms with Crippen molar-refractivity contribution in [3.05, 3.63) is 23.8 Å². The molecule has 0 bridgehead atoms. The first-order chi connectivity index (χ1) is 11.4. The molecule has 1 atom stereocenters. The van der Waals surface area contributed by atoms with E-state index in [4.69, 9.17) is 5.73 Å². The van der Waals surface area contributed by atoms with Crippen molar-refractivity contribution >= 4 is 24.0 Å². The first kappa shape index (κ1) is 17.7. The van der Waals surface area contributed by atoms with Crippen molar-refractivity contribution in [3.63, 3.8) is 0 Å². The highest BCUT2D eigenvalue weighted by Gasteiger charge is 2.38. The van der Waals surface area contributed by atoms with Crippen molar-refractivity contribution in [1.82, 2.24) is 14.9 Å². The fourth-order valence-corrected chi connectivity index (χ4v) is 2.59. The Balaban J connectivity index is 2.31. The molecule has 0 aliphatic carbocycles. The predicted octanol–water partition coefficient (Wildman–Crippen LogP) is -0.723. The maximum absolute atomic E-state index is 12.8. The molecule has 1 unspecified atom stereocenters. The van der Waals surface area contributed by atoms with Crippen LogP contribution in [0.2, 0.25) is 0 Å². The number of anilines is 1. The number of esters is 1. The van der Waals surface area contributed by atoms with E-state index in [0.717, 1.165) is 0 Å². The topological polar surface area (TPSA) is 116 Å². The van der Waals surface area contributed by atoms with Gasteiger partial charge in [0.15, 0.2) is 5.75 Å². The van der Waals surface area contributed by atoms with Crippen molar-refractivity contribution < 1.29 is 24.2 Å². The summed E-state index contributed by atoms with van der Waals surface area (Å²) in [7, 11) is 3.62. The molecule has 1 fully saturated rings. The van der Waals surface area contributed by atoms with E-state index >= 15 is 0 Å². The number of rotatable bonds is 4. The Hall–Kier alpha value is -2.65. The van der Waals surface area contributed by atoms with Gasteiger partial charge in [0.2, 0.25) is 0 Å². The Labute approximate surface area is 139 Å². The van der Waals surface area contributed by atoms with Gasteiger partial charge in [-0.1, -0.05) is 6.07 Å². The lowest BCUT2D eigenvalue weighted by Gasteiger charge is -2.42. The fraction of sp³-hybridized carbons (Fsp3) is 0.400. The van der Waals surface area contributed by atoms with E-state index in [2.05, 4.69) is 4.74 Å². The number of nitrogens with two attached hydrogens (primary N) is 1. The number of nitrogens with zero attached hydrogens (tertiary/aromatic N) is 3. The lowest BCUT2D eigenvalue weighted by atomic mass is 10.1. The molecule has 9 heteroatoms. The summed E-state index contributed by atoms with van der Waals surface area (Å²) in [5.74, 6) is -1.71. The standard InChI is InChI=1S/C15H20N4O5/c1-17(2)18-6-7-19(12(8-18)15(23)24-9-20)14(22)10-4-3-5-11(16)13(10)21/h3-5,9,12,21H,6-8,16H2,1-2H3. The lowest BCUT2D eigenvalue weighted by molar-refractivity contribution is -0.159. The number of piperazine rings is 1. The maximum Gasteiger partial charge on any atom is 0.337 e. The number of benzene rings is 1. The maximum atomic E-state index is 12.8. The second-order valence-electron chi connectivity index (χ2n) is 5.55. The summed E-state index contributed by atoms with van der Waals surface area (Å²) in [6, 6.07) is 3.46. The quantitative estimate of drug-likeness (QED) is 0.243. The minimum atomic E-state index is -0.973.